The molecule has 2 atom stereocenters. The summed E-state index contributed by atoms with van der Waals surface area (Å²) in [5, 5.41) is 7.50. The molecular formula is C25H35ClN4O2S. The number of nitrogens with zero attached hydrogens (tertiary/aromatic N) is 2. The summed E-state index contributed by atoms with van der Waals surface area (Å²) in [6.45, 7) is 13.7. The van der Waals surface area contributed by atoms with Gasteiger partial charge in [-0.25, -0.2) is 4.98 Å². The molecule has 1 saturated heterocycles. The molecule has 3 rings (SSSR count). The van der Waals surface area contributed by atoms with Crippen LogP contribution in [-0.4, -0.2) is 46.9 Å². The third kappa shape index (κ3) is 6.27. The second-order valence-corrected chi connectivity index (χ2v) is 11.6. The Hall–Kier alpha value is -2.12. The van der Waals surface area contributed by atoms with Gasteiger partial charge in [-0.3, -0.25) is 9.59 Å². The predicted octanol–water partition coefficient (Wildman–Crippen LogP) is 5.41. The predicted molar refractivity (Wildman–Crippen MR) is 136 cm³/mol. The lowest BCUT2D eigenvalue weighted by molar-refractivity contribution is -0.136. The Bertz CT molecular complexity index is 971. The number of hydrogen-bond acceptors (Lipinski definition) is 5. The molecule has 180 valence electrons. The third-order valence-electron chi connectivity index (χ3n) is 6.17. The van der Waals surface area contributed by atoms with Crippen LogP contribution in [0.15, 0.2) is 30.5 Å². The Morgan fingerprint density at radius 2 is 1.85 bits per heavy atom. The summed E-state index contributed by atoms with van der Waals surface area (Å²) in [4.78, 5) is 32.7. The summed E-state index contributed by atoms with van der Waals surface area (Å²) >= 11 is 7.35. The van der Waals surface area contributed by atoms with Crippen molar-refractivity contribution < 1.29 is 9.59 Å². The molecule has 1 aliphatic rings. The normalized spacial score (nSPS) is 18.9. The summed E-state index contributed by atoms with van der Waals surface area (Å²) < 4.78 is 0. The number of amides is 2. The molecule has 2 heterocycles. The van der Waals surface area contributed by atoms with Crippen molar-refractivity contribution >= 4 is 39.9 Å². The van der Waals surface area contributed by atoms with Crippen LogP contribution in [0.1, 0.15) is 69.1 Å². The van der Waals surface area contributed by atoms with Gasteiger partial charge in [0.2, 0.25) is 5.91 Å². The molecule has 2 aromatic rings. The number of piperidine rings is 1. The Kier molecular flexibility index (Phi) is 8.06. The van der Waals surface area contributed by atoms with E-state index in [1.54, 1.807) is 6.20 Å². The minimum Gasteiger partial charge on any atom is -0.349 e. The standard InChI is InChI=1S/C25H35ClN4O2S/c1-15(2)21(29-24-27-13-20(33-24)22(31)28-16(3)4)23(32)30-12-11-19(25(5,6)14-30)17-7-9-18(26)10-8-17/h7-10,13,15-16,19,21H,11-12,14H2,1-6H3,(H,27,29)(H,28,31). The van der Waals surface area contributed by atoms with Gasteiger partial charge in [0.15, 0.2) is 5.13 Å². The number of rotatable bonds is 7. The van der Waals surface area contributed by atoms with Crippen molar-refractivity contribution in [1.29, 1.82) is 0 Å². The lowest BCUT2D eigenvalue weighted by Crippen LogP contribution is -2.53. The number of halogens is 1. The van der Waals surface area contributed by atoms with Gasteiger partial charge in [-0.1, -0.05) is 62.8 Å². The van der Waals surface area contributed by atoms with E-state index in [9.17, 15) is 9.59 Å². The Morgan fingerprint density at radius 3 is 2.42 bits per heavy atom. The molecule has 1 aromatic heterocycles. The number of aromatic nitrogens is 1. The van der Waals surface area contributed by atoms with Crippen LogP contribution >= 0.6 is 22.9 Å². The molecular weight excluding hydrogens is 456 g/mol. The first-order valence-electron chi connectivity index (χ1n) is 11.6. The minimum absolute atomic E-state index is 0.0557. The lowest BCUT2D eigenvalue weighted by Gasteiger charge is -2.45. The largest absolute Gasteiger partial charge is 0.349 e. The van der Waals surface area contributed by atoms with Crippen LogP contribution in [0.2, 0.25) is 5.02 Å². The summed E-state index contributed by atoms with van der Waals surface area (Å²) in [5.74, 6) is 0.377. The van der Waals surface area contributed by atoms with Crippen LogP contribution in [0.3, 0.4) is 0 Å². The van der Waals surface area contributed by atoms with Gasteiger partial charge in [0.05, 0.1) is 6.20 Å². The zero-order chi connectivity index (χ0) is 24.3. The summed E-state index contributed by atoms with van der Waals surface area (Å²) in [5.41, 5.74) is 1.21. The number of carbonyl (C=O) groups excluding carboxylic acids is 2. The Morgan fingerprint density at radius 1 is 1.18 bits per heavy atom. The van der Waals surface area contributed by atoms with E-state index in [2.05, 4.69) is 41.6 Å². The highest BCUT2D eigenvalue weighted by molar-refractivity contribution is 7.17. The summed E-state index contributed by atoms with van der Waals surface area (Å²) in [7, 11) is 0. The van der Waals surface area contributed by atoms with E-state index in [0.29, 0.717) is 29.0 Å². The molecule has 1 fully saturated rings. The number of likely N-dealkylation sites (tertiary alicyclic amines) is 1. The number of carbonyl (C=O) groups is 2. The van der Waals surface area contributed by atoms with E-state index >= 15 is 0 Å². The van der Waals surface area contributed by atoms with Crippen molar-refractivity contribution in [1.82, 2.24) is 15.2 Å². The highest BCUT2D eigenvalue weighted by Gasteiger charge is 2.40. The third-order valence-corrected chi connectivity index (χ3v) is 7.35. The zero-order valence-corrected chi connectivity index (χ0v) is 21.9. The average molecular weight is 491 g/mol. The fourth-order valence-corrected chi connectivity index (χ4v) is 5.36. The highest BCUT2D eigenvalue weighted by atomic mass is 35.5. The topological polar surface area (TPSA) is 74.3 Å². The molecule has 6 nitrogen and oxygen atoms in total. The average Bonchev–Trinajstić information content (AvgIpc) is 3.20. The van der Waals surface area contributed by atoms with Gasteiger partial charge in [-0.15, -0.1) is 0 Å². The second kappa shape index (κ2) is 10.4. The van der Waals surface area contributed by atoms with Crippen LogP contribution < -0.4 is 10.6 Å². The SMILES string of the molecule is CC(C)NC(=O)c1cnc(NC(C(=O)N2CCC(c3ccc(Cl)cc3)C(C)(C)C2)C(C)C)s1. The molecule has 2 unspecified atom stereocenters. The molecule has 1 aromatic carbocycles. The van der Waals surface area contributed by atoms with Crippen molar-refractivity contribution in [2.45, 2.75) is 66.0 Å². The van der Waals surface area contributed by atoms with Crippen LogP contribution in [0.5, 0.6) is 0 Å². The molecule has 2 N–H and O–H groups in total. The molecule has 1 aliphatic heterocycles. The fraction of sp³-hybridized carbons (Fsp3) is 0.560. The van der Waals surface area contributed by atoms with E-state index in [-0.39, 0.29) is 29.2 Å². The Balaban J connectivity index is 1.70. The number of nitrogens with one attached hydrogen (secondary N) is 2. The van der Waals surface area contributed by atoms with Crippen molar-refractivity contribution in [3.8, 4) is 0 Å². The summed E-state index contributed by atoms with van der Waals surface area (Å²) in [6, 6.07) is 7.72. The van der Waals surface area contributed by atoms with Gasteiger partial charge in [-0.2, -0.15) is 0 Å². The number of hydrogen-bond donors (Lipinski definition) is 2. The monoisotopic (exact) mass is 490 g/mol. The van der Waals surface area contributed by atoms with Crippen LogP contribution in [-0.2, 0) is 4.79 Å². The minimum atomic E-state index is -0.403. The lowest BCUT2D eigenvalue weighted by atomic mass is 9.70. The van der Waals surface area contributed by atoms with Gasteiger partial charge in [-0.05, 0) is 55.2 Å². The van der Waals surface area contributed by atoms with Crippen LogP contribution in [0.25, 0.3) is 0 Å². The molecule has 2 amide bonds. The first kappa shape index (κ1) is 25.5. The van der Waals surface area contributed by atoms with Gasteiger partial charge < -0.3 is 15.5 Å². The van der Waals surface area contributed by atoms with Crippen molar-refractivity contribution in [3.05, 3.63) is 45.9 Å². The fourth-order valence-electron chi connectivity index (χ4n) is 4.48. The quantitative estimate of drug-likeness (QED) is 0.544. The number of anilines is 1. The Labute approximate surface area is 206 Å². The number of benzene rings is 1. The van der Waals surface area contributed by atoms with E-state index in [1.807, 2.05) is 44.7 Å². The van der Waals surface area contributed by atoms with Gasteiger partial charge in [0.25, 0.3) is 5.91 Å². The zero-order valence-electron chi connectivity index (χ0n) is 20.3. The molecule has 0 saturated carbocycles. The maximum Gasteiger partial charge on any atom is 0.263 e. The maximum atomic E-state index is 13.5. The van der Waals surface area contributed by atoms with Gasteiger partial charge in [0, 0.05) is 24.2 Å². The molecule has 0 bridgehead atoms. The molecule has 8 heteroatoms. The first-order valence-corrected chi connectivity index (χ1v) is 12.7. The van der Waals surface area contributed by atoms with Gasteiger partial charge >= 0.3 is 0 Å². The maximum absolute atomic E-state index is 13.5. The van der Waals surface area contributed by atoms with Crippen LogP contribution in [0, 0.1) is 11.3 Å². The van der Waals surface area contributed by atoms with Gasteiger partial charge in [0.1, 0.15) is 10.9 Å². The van der Waals surface area contributed by atoms with Crippen LogP contribution in [0.4, 0.5) is 5.13 Å². The van der Waals surface area contributed by atoms with E-state index in [0.717, 1.165) is 11.4 Å². The first-order chi connectivity index (χ1) is 15.5. The van der Waals surface area contributed by atoms with E-state index < -0.39 is 6.04 Å². The van der Waals surface area contributed by atoms with Crippen molar-refractivity contribution in [2.24, 2.45) is 11.3 Å². The molecule has 0 radical (unpaired) electrons. The van der Waals surface area contributed by atoms with E-state index in [4.69, 9.17) is 11.6 Å². The molecule has 0 spiro atoms. The molecule has 33 heavy (non-hydrogen) atoms. The van der Waals surface area contributed by atoms with E-state index in [1.165, 1.54) is 16.9 Å². The molecule has 0 aliphatic carbocycles. The number of thiazole rings is 1. The summed E-state index contributed by atoms with van der Waals surface area (Å²) in [6.07, 6.45) is 2.47. The second-order valence-electron chi connectivity index (χ2n) is 10.2. The highest BCUT2D eigenvalue weighted by Crippen LogP contribution is 2.42. The smallest absolute Gasteiger partial charge is 0.263 e. The van der Waals surface area contributed by atoms with Crippen molar-refractivity contribution in [2.75, 3.05) is 18.4 Å². The van der Waals surface area contributed by atoms with Crippen molar-refractivity contribution in [3.63, 3.8) is 0 Å².